The predicted octanol–water partition coefficient (Wildman–Crippen LogP) is 3.11. The van der Waals surface area contributed by atoms with Crippen LogP contribution >= 0.6 is 27.5 Å². The van der Waals surface area contributed by atoms with Crippen LogP contribution in [0.4, 0.5) is 4.39 Å². The number of hydrogen-bond donors (Lipinski definition) is 1. The minimum Gasteiger partial charge on any atom is -0.386 e. The molecule has 0 bridgehead atoms. The molecule has 1 aromatic rings. The van der Waals surface area contributed by atoms with Gasteiger partial charge in [0.1, 0.15) is 12.8 Å². The van der Waals surface area contributed by atoms with Crippen molar-refractivity contribution < 1.29 is 9.50 Å². The first-order valence-corrected chi connectivity index (χ1v) is 4.51. The van der Waals surface area contributed by atoms with E-state index in [1.807, 2.05) is 0 Å². The van der Waals surface area contributed by atoms with Crippen molar-refractivity contribution in [2.45, 2.75) is 6.10 Å². The SMILES string of the molecule is OC(CF)c1ccc(Br)c(Cl)c1. The van der Waals surface area contributed by atoms with Gasteiger partial charge in [-0.1, -0.05) is 17.7 Å². The third kappa shape index (κ3) is 2.19. The summed E-state index contributed by atoms with van der Waals surface area (Å²) in [5.41, 5.74) is 0.491. The zero-order chi connectivity index (χ0) is 9.14. The Bertz CT molecular complexity index is 280. The normalized spacial score (nSPS) is 13.0. The lowest BCUT2D eigenvalue weighted by molar-refractivity contribution is 0.142. The van der Waals surface area contributed by atoms with Crippen LogP contribution < -0.4 is 0 Å². The molecule has 0 aliphatic rings. The molecule has 66 valence electrons. The van der Waals surface area contributed by atoms with Gasteiger partial charge in [0, 0.05) is 4.47 Å². The molecule has 12 heavy (non-hydrogen) atoms. The highest BCUT2D eigenvalue weighted by Crippen LogP contribution is 2.26. The third-order valence-corrected chi connectivity index (χ3v) is 2.71. The van der Waals surface area contributed by atoms with Crippen molar-refractivity contribution in [3.8, 4) is 0 Å². The maximum Gasteiger partial charge on any atom is 0.119 e. The molecule has 0 saturated heterocycles. The maximum atomic E-state index is 12.0. The van der Waals surface area contributed by atoms with Gasteiger partial charge in [-0.05, 0) is 33.6 Å². The van der Waals surface area contributed by atoms with Crippen LogP contribution in [0.1, 0.15) is 11.7 Å². The highest BCUT2D eigenvalue weighted by molar-refractivity contribution is 9.10. The maximum absolute atomic E-state index is 12.0. The van der Waals surface area contributed by atoms with Crippen molar-refractivity contribution in [2.75, 3.05) is 6.67 Å². The average Bonchev–Trinajstić information content (AvgIpc) is 2.08. The Labute approximate surface area is 83.3 Å². The van der Waals surface area contributed by atoms with E-state index in [-0.39, 0.29) is 0 Å². The van der Waals surface area contributed by atoms with E-state index in [4.69, 9.17) is 16.7 Å². The molecular weight excluding hydrogens is 246 g/mol. The number of hydrogen-bond acceptors (Lipinski definition) is 1. The molecule has 1 aromatic carbocycles. The van der Waals surface area contributed by atoms with Crippen LogP contribution in [0.2, 0.25) is 5.02 Å². The molecule has 1 atom stereocenters. The van der Waals surface area contributed by atoms with E-state index in [2.05, 4.69) is 15.9 Å². The number of rotatable bonds is 2. The van der Waals surface area contributed by atoms with Crippen molar-refractivity contribution in [1.82, 2.24) is 0 Å². The second-order valence-electron chi connectivity index (χ2n) is 2.34. The van der Waals surface area contributed by atoms with Crippen LogP contribution in [-0.4, -0.2) is 11.8 Å². The van der Waals surface area contributed by atoms with Gasteiger partial charge in [-0.15, -0.1) is 0 Å². The fourth-order valence-corrected chi connectivity index (χ4v) is 1.24. The molecule has 0 amide bonds. The Hall–Kier alpha value is -0.120. The largest absolute Gasteiger partial charge is 0.386 e. The zero-order valence-corrected chi connectivity index (χ0v) is 8.44. The van der Waals surface area contributed by atoms with Gasteiger partial charge in [0.2, 0.25) is 0 Å². The lowest BCUT2D eigenvalue weighted by atomic mass is 10.1. The Morgan fingerprint density at radius 3 is 2.75 bits per heavy atom. The monoisotopic (exact) mass is 252 g/mol. The summed E-state index contributed by atoms with van der Waals surface area (Å²) in [5, 5.41) is 9.57. The molecule has 0 heterocycles. The lowest BCUT2D eigenvalue weighted by Crippen LogP contribution is -1.98. The van der Waals surface area contributed by atoms with Gasteiger partial charge < -0.3 is 5.11 Å². The highest BCUT2D eigenvalue weighted by atomic mass is 79.9. The van der Waals surface area contributed by atoms with E-state index in [1.165, 1.54) is 6.07 Å². The molecule has 0 aliphatic carbocycles. The summed E-state index contributed by atoms with van der Waals surface area (Å²) in [5.74, 6) is 0. The third-order valence-electron chi connectivity index (χ3n) is 1.47. The molecule has 0 aliphatic heterocycles. The second kappa shape index (κ2) is 4.21. The van der Waals surface area contributed by atoms with Crippen molar-refractivity contribution in [2.24, 2.45) is 0 Å². The van der Waals surface area contributed by atoms with Crippen LogP contribution in [0.3, 0.4) is 0 Å². The van der Waals surface area contributed by atoms with Crippen LogP contribution in [0.5, 0.6) is 0 Å². The highest BCUT2D eigenvalue weighted by Gasteiger charge is 2.07. The van der Waals surface area contributed by atoms with Crippen LogP contribution in [-0.2, 0) is 0 Å². The predicted molar refractivity (Wildman–Crippen MR) is 50.1 cm³/mol. The Morgan fingerprint density at radius 2 is 2.25 bits per heavy atom. The molecule has 0 spiro atoms. The van der Waals surface area contributed by atoms with E-state index in [0.29, 0.717) is 10.6 Å². The first-order chi connectivity index (χ1) is 5.65. The molecule has 1 unspecified atom stereocenters. The van der Waals surface area contributed by atoms with E-state index >= 15 is 0 Å². The topological polar surface area (TPSA) is 20.2 Å². The first-order valence-electron chi connectivity index (χ1n) is 3.34. The van der Waals surface area contributed by atoms with Crippen LogP contribution in [0.25, 0.3) is 0 Å². The minimum absolute atomic E-state index is 0.472. The fraction of sp³-hybridized carbons (Fsp3) is 0.250. The quantitative estimate of drug-likeness (QED) is 0.859. The first kappa shape index (κ1) is 9.96. The molecule has 0 saturated carbocycles. The van der Waals surface area contributed by atoms with E-state index in [9.17, 15) is 4.39 Å². The summed E-state index contributed by atoms with van der Waals surface area (Å²) in [4.78, 5) is 0. The molecule has 1 N–H and O–H groups in total. The number of aliphatic hydroxyl groups is 1. The van der Waals surface area contributed by atoms with Gasteiger partial charge in [-0.2, -0.15) is 0 Å². The van der Waals surface area contributed by atoms with Gasteiger partial charge in [-0.25, -0.2) is 4.39 Å². The van der Waals surface area contributed by atoms with Crippen LogP contribution in [0.15, 0.2) is 22.7 Å². The van der Waals surface area contributed by atoms with Gasteiger partial charge in [0.15, 0.2) is 0 Å². The Morgan fingerprint density at radius 1 is 1.58 bits per heavy atom. The summed E-state index contributed by atoms with van der Waals surface area (Å²) in [7, 11) is 0. The van der Waals surface area contributed by atoms with Crippen molar-refractivity contribution in [1.29, 1.82) is 0 Å². The van der Waals surface area contributed by atoms with E-state index < -0.39 is 12.8 Å². The van der Waals surface area contributed by atoms with E-state index in [1.54, 1.807) is 12.1 Å². The van der Waals surface area contributed by atoms with Crippen LogP contribution in [0, 0.1) is 0 Å². The molecular formula is C8H7BrClFO. The number of benzene rings is 1. The fourth-order valence-electron chi connectivity index (χ4n) is 0.809. The number of halogens is 3. The van der Waals surface area contributed by atoms with Crippen molar-refractivity contribution in [3.63, 3.8) is 0 Å². The van der Waals surface area contributed by atoms with E-state index in [0.717, 1.165) is 4.47 Å². The zero-order valence-electron chi connectivity index (χ0n) is 6.10. The Balaban J connectivity index is 2.96. The molecule has 1 rings (SSSR count). The number of aliphatic hydroxyl groups excluding tert-OH is 1. The molecule has 0 fully saturated rings. The molecule has 4 heteroatoms. The standard InChI is InChI=1S/C8H7BrClFO/c9-6-2-1-5(3-7(6)10)8(12)4-11/h1-3,8,12H,4H2. The summed E-state index contributed by atoms with van der Waals surface area (Å²) in [6.07, 6.45) is -1.07. The molecule has 1 nitrogen and oxygen atoms in total. The summed E-state index contributed by atoms with van der Waals surface area (Å²) in [6, 6.07) is 4.84. The van der Waals surface area contributed by atoms with Gasteiger partial charge in [-0.3, -0.25) is 0 Å². The van der Waals surface area contributed by atoms with Crippen molar-refractivity contribution >= 4 is 27.5 Å². The Kier molecular flexibility index (Phi) is 3.50. The van der Waals surface area contributed by atoms with Gasteiger partial charge in [0.25, 0.3) is 0 Å². The van der Waals surface area contributed by atoms with Crippen molar-refractivity contribution in [3.05, 3.63) is 33.3 Å². The summed E-state index contributed by atoms with van der Waals surface area (Å²) < 4.78 is 12.7. The molecule has 0 aromatic heterocycles. The minimum atomic E-state index is -1.07. The smallest absolute Gasteiger partial charge is 0.119 e. The number of alkyl halides is 1. The van der Waals surface area contributed by atoms with Gasteiger partial charge in [0.05, 0.1) is 5.02 Å². The van der Waals surface area contributed by atoms with Gasteiger partial charge >= 0.3 is 0 Å². The average molecular weight is 253 g/mol. The lowest BCUT2D eigenvalue weighted by Gasteiger charge is -2.06. The summed E-state index contributed by atoms with van der Waals surface area (Å²) >= 11 is 8.93. The second-order valence-corrected chi connectivity index (χ2v) is 3.61. The molecule has 0 radical (unpaired) electrons. The summed E-state index contributed by atoms with van der Waals surface area (Å²) in [6.45, 7) is -0.794.